The van der Waals surface area contributed by atoms with Gasteiger partial charge >= 0.3 is 0 Å². The van der Waals surface area contributed by atoms with E-state index in [1.54, 1.807) is 6.92 Å². The summed E-state index contributed by atoms with van der Waals surface area (Å²) in [4.78, 5) is 6.80. The molecule has 1 aromatic rings. The van der Waals surface area contributed by atoms with Crippen LogP contribution in [0.3, 0.4) is 0 Å². The number of aliphatic hydroxyl groups is 1. The van der Waals surface area contributed by atoms with Crippen molar-refractivity contribution in [1.82, 2.24) is 4.98 Å². The highest BCUT2D eigenvalue weighted by molar-refractivity contribution is 5.49. The quantitative estimate of drug-likeness (QED) is 0.850. The van der Waals surface area contributed by atoms with Crippen molar-refractivity contribution >= 4 is 5.82 Å². The van der Waals surface area contributed by atoms with Crippen LogP contribution in [0.5, 0.6) is 0 Å². The van der Waals surface area contributed by atoms with Gasteiger partial charge in [0.05, 0.1) is 6.10 Å². The third-order valence-corrected chi connectivity index (χ3v) is 3.39. The number of pyridine rings is 1. The van der Waals surface area contributed by atoms with Gasteiger partial charge < -0.3 is 10.0 Å². The lowest BCUT2D eigenvalue weighted by Crippen LogP contribution is -2.30. The van der Waals surface area contributed by atoms with Gasteiger partial charge in [-0.1, -0.05) is 13.0 Å². The average Bonchev–Trinajstić information content (AvgIpc) is 2.76. The van der Waals surface area contributed by atoms with Crippen LogP contribution < -0.4 is 4.90 Å². The van der Waals surface area contributed by atoms with E-state index in [4.69, 9.17) is 0 Å². The zero-order valence-electron chi connectivity index (χ0n) is 10.1. The number of nitrogens with zero attached hydrogens (tertiary/aromatic N) is 2. The molecule has 3 nitrogen and oxygen atoms in total. The zero-order valence-corrected chi connectivity index (χ0v) is 10.1. The van der Waals surface area contributed by atoms with Crippen LogP contribution in [0.1, 0.15) is 44.8 Å². The van der Waals surface area contributed by atoms with Gasteiger partial charge in [-0.2, -0.15) is 0 Å². The molecule has 1 saturated heterocycles. The van der Waals surface area contributed by atoms with Crippen LogP contribution >= 0.6 is 0 Å². The van der Waals surface area contributed by atoms with Gasteiger partial charge in [-0.25, -0.2) is 4.98 Å². The van der Waals surface area contributed by atoms with E-state index in [1.165, 1.54) is 12.8 Å². The van der Waals surface area contributed by atoms with E-state index in [-0.39, 0.29) is 0 Å². The van der Waals surface area contributed by atoms with Crippen LogP contribution in [0, 0.1) is 0 Å². The molecule has 0 amide bonds. The van der Waals surface area contributed by atoms with Crippen LogP contribution in [-0.2, 0) is 0 Å². The van der Waals surface area contributed by atoms with E-state index < -0.39 is 6.10 Å². The van der Waals surface area contributed by atoms with Gasteiger partial charge in [0.1, 0.15) is 5.82 Å². The minimum absolute atomic E-state index is 0.443. The summed E-state index contributed by atoms with van der Waals surface area (Å²) < 4.78 is 0. The molecule has 2 unspecified atom stereocenters. The third-order valence-electron chi connectivity index (χ3n) is 3.39. The van der Waals surface area contributed by atoms with Crippen molar-refractivity contribution in [3.63, 3.8) is 0 Å². The molecule has 1 aliphatic rings. The van der Waals surface area contributed by atoms with Crippen LogP contribution in [0.4, 0.5) is 5.82 Å². The summed E-state index contributed by atoms with van der Waals surface area (Å²) in [6, 6.07) is 4.45. The lowest BCUT2D eigenvalue weighted by molar-refractivity contribution is 0.199. The molecule has 0 aromatic carbocycles. The Morgan fingerprint density at radius 2 is 2.44 bits per heavy atom. The Morgan fingerprint density at radius 3 is 3.12 bits per heavy atom. The molecule has 88 valence electrons. The van der Waals surface area contributed by atoms with Gasteiger partial charge in [-0.15, -0.1) is 0 Å². The van der Waals surface area contributed by atoms with Crippen molar-refractivity contribution in [2.24, 2.45) is 0 Å². The number of aliphatic hydroxyl groups excluding tert-OH is 1. The Kier molecular flexibility index (Phi) is 3.44. The third kappa shape index (κ3) is 2.05. The first-order valence-electron chi connectivity index (χ1n) is 6.13. The molecule has 2 rings (SSSR count). The SMILES string of the molecule is CCC1CCCN1c1ncccc1C(C)O. The van der Waals surface area contributed by atoms with Crippen LogP contribution in [0.15, 0.2) is 18.3 Å². The molecule has 0 aliphatic carbocycles. The molecule has 2 atom stereocenters. The normalized spacial score (nSPS) is 22.4. The highest BCUT2D eigenvalue weighted by Crippen LogP contribution is 2.30. The number of hydrogen-bond donors (Lipinski definition) is 1. The van der Waals surface area contributed by atoms with E-state index in [0.717, 1.165) is 24.3 Å². The standard InChI is InChI=1S/C13H20N2O/c1-3-11-6-5-9-15(11)13-12(10(2)16)7-4-8-14-13/h4,7-8,10-11,16H,3,5-6,9H2,1-2H3. The molecule has 1 N–H and O–H groups in total. The van der Waals surface area contributed by atoms with Gasteiger partial charge in [-0.05, 0) is 32.3 Å². The summed E-state index contributed by atoms with van der Waals surface area (Å²) in [6.07, 6.45) is 4.99. The molecule has 2 heterocycles. The van der Waals surface area contributed by atoms with E-state index in [0.29, 0.717) is 6.04 Å². The molecule has 1 aliphatic heterocycles. The van der Waals surface area contributed by atoms with Gasteiger partial charge in [0.15, 0.2) is 0 Å². The van der Waals surface area contributed by atoms with Crippen molar-refractivity contribution in [3.8, 4) is 0 Å². The molecule has 0 radical (unpaired) electrons. The minimum Gasteiger partial charge on any atom is -0.389 e. The maximum atomic E-state index is 9.76. The molecule has 0 spiro atoms. The first-order chi connectivity index (χ1) is 7.74. The molecule has 16 heavy (non-hydrogen) atoms. The highest BCUT2D eigenvalue weighted by Gasteiger charge is 2.26. The first kappa shape index (κ1) is 11.4. The maximum absolute atomic E-state index is 9.76. The van der Waals surface area contributed by atoms with Gasteiger partial charge in [0, 0.05) is 24.3 Å². The van der Waals surface area contributed by atoms with E-state index >= 15 is 0 Å². The van der Waals surface area contributed by atoms with E-state index in [2.05, 4.69) is 16.8 Å². The molecular formula is C13H20N2O. The van der Waals surface area contributed by atoms with E-state index in [1.807, 2.05) is 18.3 Å². The van der Waals surface area contributed by atoms with E-state index in [9.17, 15) is 5.11 Å². The smallest absolute Gasteiger partial charge is 0.134 e. The summed E-state index contributed by atoms with van der Waals surface area (Å²) in [5.41, 5.74) is 0.947. The Morgan fingerprint density at radius 1 is 1.62 bits per heavy atom. The largest absolute Gasteiger partial charge is 0.389 e. The second-order valence-corrected chi connectivity index (χ2v) is 4.49. The topological polar surface area (TPSA) is 36.4 Å². The predicted molar refractivity (Wildman–Crippen MR) is 65.5 cm³/mol. The molecule has 0 saturated carbocycles. The van der Waals surface area contributed by atoms with Crippen molar-refractivity contribution in [2.45, 2.75) is 45.3 Å². The fourth-order valence-corrected chi connectivity index (χ4v) is 2.51. The first-order valence-corrected chi connectivity index (χ1v) is 6.13. The molecule has 0 bridgehead atoms. The fraction of sp³-hybridized carbons (Fsp3) is 0.615. The fourth-order valence-electron chi connectivity index (χ4n) is 2.51. The van der Waals surface area contributed by atoms with Crippen molar-refractivity contribution in [2.75, 3.05) is 11.4 Å². The van der Waals surface area contributed by atoms with Crippen LogP contribution in [0.2, 0.25) is 0 Å². The molecule has 1 fully saturated rings. The Hall–Kier alpha value is -1.09. The average molecular weight is 220 g/mol. The predicted octanol–water partition coefficient (Wildman–Crippen LogP) is 2.51. The maximum Gasteiger partial charge on any atom is 0.134 e. The Bertz CT molecular complexity index is 352. The van der Waals surface area contributed by atoms with Crippen molar-refractivity contribution in [1.29, 1.82) is 0 Å². The monoisotopic (exact) mass is 220 g/mol. The molecular weight excluding hydrogens is 200 g/mol. The van der Waals surface area contributed by atoms with Crippen LogP contribution in [0.25, 0.3) is 0 Å². The zero-order chi connectivity index (χ0) is 11.5. The number of hydrogen-bond acceptors (Lipinski definition) is 3. The Balaban J connectivity index is 2.32. The van der Waals surface area contributed by atoms with Gasteiger partial charge in [-0.3, -0.25) is 0 Å². The Labute approximate surface area is 97.1 Å². The number of rotatable bonds is 3. The lowest BCUT2D eigenvalue weighted by Gasteiger charge is -2.27. The minimum atomic E-state index is -0.443. The second kappa shape index (κ2) is 4.83. The van der Waals surface area contributed by atoms with Crippen molar-refractivity contribution < 1.29 is 5.11 Å². The second-order valence-electron chi connectivity index (χ2n) is 4.49. The number of aromatic nitrogens is 1. The summed E-state index contributed by atoms with van der Waals surface area (Å²) in [5, 5.41) is 9.76. The van der Waals surface area contributed by atoms with Crippen molar-refractivity contribution in [3.05, 3.63) is 23.9 Å². The summed E-state index contributed by atoms with van der Waals surface area (Å²) >= 11 is 0. The van der Waals surface area contributed by atoms with Gasteiger partial charge in [0.25, 0.3) is 0 Å². The summed E-state index contributed by atoms with van der Waals surface area (Å²) in [6.45, 7) is 5.08. The molecule has 1 aromatic heterocycles. The highest BCUT2D eigenvalue weighted by atomic mass is 16.3. The lowest BCUT2D eigenvalue weighted by atomic mass is 10.1. The molecule has 3 heteroatoms. The summed E-state index contributed by atoms with van der Waals surface area (Å²) in [7, 11) is 0. The number of anilines is 1. The van der Waals surface area contributed by atoms with Gasteiger partial charge in [0.2, 0.25) is 0 Å². The van der Waals surface area contributed by atoms with Crippen LogP contribution in [-0.4, -0.2) is 22.7 Å². The summed E-state index contributed by atoms with van der Waals surface area (Å²) in [5.74, 6) is 0.974.